The van der Waals surface area contributed by atoms with Gasteiger partial charge in [-0.3, -0.25) is 4.40 Å². The van der Waals surface area contributed by atoms with Crippen molar-refractivity contribution < 1.29 is 18.3 Å². The van der Waals surface area contributed by atoms with E-state index < -0.39 is 0 Å². The molecule has 0 fully saturated rings. The van der Waals surface area contributed by atoms with E-state index in [4.69, 9.17) is 18.9 Å². The summed E-state index contributed by atoms with van der Waals surface area (Å²) in [5, 5.41) is 0. The van der Waals surface area contributed by atoms with Crippen molar-refractivity contribution in [3.05, 3.63) is 101 Å². The Bertz CT molecular complexity index is 1460. The molecule has 2 aromatic carbocycles. The van der Waals surface area contributed by atoms with Crippen molar-refractivity contribution in [1.82, 2.24) is 9.38 Å². The lowest BCUT2D eigenvalue weighted by Gasteiger charge is -2.13. The molecule has 34 heavy (non-hydrogen) atoms. The summed E-state index contributed by atoms with van der Waals surface area (Å²) in [5.74, 6) is 2.10. The lowest BCUT2D eigenvalue weighted by molar-refractivity contribution is 0.282. The molecular weight excluding hydrogens is 501 g/mol. The average molecular weight is 520 g/mol. The maximum Gasteiger partial charge on any atom is 0.175 e. The number of imidazole rings is 1. The van der Waals surface area contributed by atoms with Gasteiger partial charge in [-0.1, -0.05) is 18.2 Å². The van der Waals surface area contributed by atoms with Crippen LogP contribution in [0.25, 0.3) is 17.1 Å². The monoisotopic (exact) mass is 519 g/mol. The Morgan fingerprint density at radius 1 is 1.12 bits per heavy atom. The van der Waals surface area contributed by atoms with Crippen molar-refractivity contribution in [2.75, 3.05) is 7.11 Å². The predicted molar refractivity (Wildman–Crippen MR) is 132 cm³/mol. The van der Waals surface area contributed by atoms with E-state index in [9.17, 15) is 4.39 Å². The molecule has 3 aromatic heterocycles. The third-order valence-corrected chi connectivity index (χ3v) is 5.73. The lowest BCUT2D eigenvalue weighted by atomic mass is 10.2. The van der Waals surface area contributed by atoms with E-state index in [-0.39, 0.29) is 12.4 Å². The van der Waals surface area contributed by atoms with E-state index in [1.165, 1.54) is 12.1 Å². The highest BCUT2D eigenvalue weighted by Gasteiger charge is 2.16. The van der Waals surface area contributed by atoms with Gasteiger partial charge in [-0.05, 0) is 75.6 Å². The Labute approximate surface area is 203 Å². The first-order valence-electron chi connectivity index (χ1n) is 10.4. The molecule has 0 aliphatic rings. The summed E-state index contributed by atoms with van der Waals surface area (Å²) in [7, 11) is 1.58. The molecule has 0 spiro atoms. The number of hydrogen-bond acceptors (Lipinski definition) is 5. The van der Waals surface area contributed by atoms with E-state index in [0.717, 1.165) is 16.8 Å². The first-order valence-corrected chi connectivity index (χ1v) is 11.2. The number of halogens is 2. The van der Waals surface area contributed by atoms with Crippen LogP contribution in [0.4, 0.5) is 10.2 Å². The molecule has 0 saturated heterocycles. The summed E-state index contributed by atoms with van der Waals surface area (Å²) in [6, 6.07) is 19.3. The second kappa shape index (κ2) is 9.52. The van der Waals surface area contributed by atoms with Gasteiger partial charge in [0.1, 0.15) is 18.1 Å². The lowest BCUT2D eigenvalue weighted by Crippen LogP contribution is -1.99. The standard InChI is InChI=1S/C26H19BrFN3O3/c1-32-22-14-18(13-20(27)25(22)34-16-17-7-9-19(28)10-8-17)15-29-26-24(21-5-4-12-33-21)30-23-6-2-3-11-31(23)26/h2-15H,16H2,1H3. The van der Waals surface area contributed by atoms with E-state index in [1.807, 2.05) is 53.1 Å². The quantitative estimate of drug-likeness (QED) is 0.221. The molecule has 0 saturated carbocycles. The minimum atomic E-state index is -0.285. The Hall–Kier alpha value is -3.91. The number of methoxy groups -OCH3 is 1. The summed E-state index contributed by atoms with van der Waals surface area (Å²) in [4.78, 5) is 9.40. The highest BCUT2D eigenvalue weighted by molar-refractivity contribution is 9.10. The molecule has 0 unspecified atom stereocenters. The number of pyridine rings is 1. The Kier molecular flexibility index (Phi) is 6.14. The van der Waals surface area contributed by atoms with Crippen molar-refractivity contribution >= 4 is 33.6 Å². The fraction of sp³-hybridized carbons (Fsp3) is 0.0769. The molecule has 0 aliphatic carbocycles. The average Bonchev–Trinajstić information content (AvgIpc) is 3.51. The molecule has 0 bridgehead atoms. The molecule has 170 valence electrons. The normalized spacial score (nSPS) is 11.4. The van der Waals surface area contributed by atoms with Crippen LogP contribution in [0.2, 0.25) is 0 Å². The molecular formula is C26H19BrFN3O3. The summed E-state index contributed by atoms with van der Waals surface area (Å²) >= 11 is 3.57. The van der Waals surface area contributed by atoms with Gasteiger partial charge in [0.2, 0.25) is 0 Å². The van der Waals surface area contributed by atoms with Gasteiger partial charge in [0.25, 0.3) is 0 Å². The molecule has 0 amide bonds. The van der Waals surface area contributed by atoms with Gasteiger partial charge in [-0.2, -0.15) is 0 Å². The third-order valence-electron chi connectivity index (χ3n) is 5.14. The van der Waals surface area contributed by atoms with Crippen LogP contribution in [-0.4, -0.2) is 22.7 Å². The van der Waals surface area contributed by atoms with Crippen molar-refractivity contribution in [2.45, 2.75) is 6.61 Å². The van der Waals surface area contributed by atoms with Gasteiger partial charge < -0.3 is 13.9 Å². The Morgan fingerprint density at radius 2 is 1.97 bits per heavy atom. The smallest absolute Gasteiger partial charge is 0.175 e. The van der Waals surface area contributed by atoms with Gasteiger partial charge in [-0.15, -0.1) is 0 Å². The van der Waals surface area contributed by atoms with Crippen molar-refractivity contribution in [3.63, 3.8) is 0 Å². The molecule has 0 aliphatic heterocycles. The maximum absolute atomic E-state index is 13.2. The minimum absolute atomic E-state index is 0.275. The summed E-state index contributed by atoms with van der Waals surface area (Å²) in [5.41, 5.74) is 3.07. The van der Waals surface area contributed by atoms with Crippen LogP contribution in [0.15, 0.2) is 93.1 Å². The number of aliphatic imine (C=N–C) groups is 1. The van der Waals surface area contributed by atoms with Crippen LogP contribution in [0.1, 0.15) is 11.1 Å². The number of ether oxygens (including phenoxy) is 2. The predicted octanol–water partition coefficient (Wildman–Crippen LogP) is 6.83. The largest absolute Gasteiger partial charge is 0.493 e. The number of benzene rings is 2. The molecule has 3 heterocycles. The molecule has 6 nitrogen and oxygen atoms in total. The van der Waals surface area contributed by atoms with E-state index in [1.54, 1.807) is 31.7 Å². The van der Waals surface area contributed by atoms with Gasteiger partial charge in [0, 0.05) is 12.4 Å². The maximum atomic E-state index is 13.2. The fourth-order valence-corrected chi connectivity index (χ4v) is 4.09. The summed E-state index contributed by atoms with van der Waals surface area (Å²) in [6.07, 6.45) is 5.25. The van der Waals surface area contributed by atoms with Crippen LogP contribution in [0.3, 0.4) is 0 Å². The zero-order chi connectivity index (χ0) is 23.5. The second-order valence-electron chi connectivity index (χ2n) is 7.40. The van der Waals surface area contributed by atoms with Crippen molar-refractivity contribution in [1.29, 1.82) is 0 Å². The summed E-state index contributed by atoms with van der Waals surface area (Å²) in [6.45, 7) is 0.275. The van der Waals surface area contributed by atoms with E-state index in [2.05, 4.69) is 20.9 Å². The molecule has 0 atom stereocenters. The van der Waals surface area contributed by atoms with Crippen LogP contribution in [0, 0.1) is 5.82 Å². The molecule has 5 aromatic rings. The van der Waals surface area contributed by atoms with Gasteiger partial charge in [0.15, 0.2) is 28.8 Å². The Balaban J connectivity index is 1.46. The van der Waals surface area contributed by atoms with Crippen molar-refractivity contribution in [3.8, 4) is 23.0 Å². The number of aromatic nitrogens is 2. The molecule has 5 rings (SSSR count). The van der Waals surface area contributed by atoms with E-state index in [0.29, 0.717) is 33.2 Å². The van der Waals surface area contributed by atoms with Crippen molar-refractivity contribution in [2.24, 2.45) is 4.99 Å². The Morgan fingerprint density at radius 3 is 2.74 bits per heavy atom. The van der Waals surface area contributed by atoms with Crippen LogP contribution >= 0.6 is 15.9 Å². The van der Waals surface area contributed by atoms with Crippen LogP contribution < -0.4 is 9.47 Å². The van der Waals surface area contributed by atoms with Crippen LogP contribution in [-0.2, 0) is 6.61 Å². The highest BCUT2D eigenvalue weighted by atomic mass is 79.9. The molecule has 8 heteroatoms. The summed E-state index contributed by atoms with van der Waals surface area (Å²) < 4.78 is 32.8. The number of rotatable bonds is 7. The first-order chi connectivity index (χ1) is 16.6. The number of fused-ring (bicyclic) bond motifs is 1. The minimum Gasteiger partial charge on any atom is -0.493 e. The molecule has 0 N–H and O–H groups in total. The highest BCUT2D eigenvalue weighted by Crippen LogP contribution is 2.37. The SMILES string of the molecule is COc1cc(C=Nc2c(-c3ccco3)nc3ccccn23)cc(Br)c1OCc1ccc(F)cc1. The number of hydrogen-bond donors (Lipinski definition) is 0. The second-order valence-corrected chi connectivity index (χ2v) is 8.25. The first kappa shape index (κ1) is 21.9. The zero-order valence-electron chi connectivity index (χ0n) is 18.1. The number of nitrogens with zero attached hydrogens (tertiary/aromatic N) is 3. The van der Waals surface area contributed by atoms with Gasteiger partial charge in [0.05, 0.1) is 17.8 Å². The number of furan rings is 1. The van der Waals surface area contributed by atoms with Crippen LogP contribution in [0.5, 0.6) is 11.5 Å². The molecule has 0 radical (unpaired) electrons. The third kappa shape index (κ3) is 4.45. The fourth-order valence-electron chi connectivity index (χ4n) is 3.51. The van der Waals surface area contributed by atoms with E-state index >= 15 is 0 Å². The van der Waals surface area contributed by atoms with Gasteiger partial charge >= 0.3 is 0 Å². The zero-order valence-corrected chi connectivity index (χ0v) is 19.7. The van der Waals surface area contributed by atoms with Gasteiger partial charge in [-0.25, -0.2) is 14.4 Å². The topological polar surface area (TPSA) is 61.3 Å².